The molecule has 0 atom stereocenters. The van der Waals surface area contributed by atoms with E-state index in [-0.39, 0.29) is 16.6 Å². The Balaban J connectivity index is 3.57. The van der Waals surface area contributed by atoms with E-state index < -0.39 is 0 Å². The zero-order chi connectivity index (χ0) is 12.7. The first-order valence-electron chi connectivity index (χ1n) is 4.95. The van der Waals surface area contributed by atoms with Crippen molar-refractivity contribution in [3.05, 3.63) is 41.5 Å². The van der Waals surface area contributed by atoms with Crippen LogP contribution in [0.1, 0.15) is 5.56 Å². The standard InChI is InChI=1S/C12H6BN3/c13-11(8-16)12(10(6-14)7-15)9-4-2-1-3-5-9/h1-5,13H/i13D. The number of nitriles is 3. The van der Waals surface area contributed by atoms with E-state index in [1.807, 2.05) is 6.07 Å². The van der Waals surface area contributed by atoms with Gasteiger partial charge in [0.1, 0.15) is 0 Å². The number of benzene rings is 1. The third kappa shape index (κ3) is 2.24. The molecule has 0 amide bonds. The molecule has 0 spiro atoms. The molecule has 0 saturated heterocycles. The molecular formula is C12H6BN3. The van der Waals surface area contributed by atoms with Crippen LogP contribution in [0.3, 0.4) is 0 Å². The molecule has 0 heterocycles. The summed E-state index contributed by atoms with van der Waals surface area (Å²) in [6, 6.07) is 13.9. The van der Waals surface area contributed by atoms with Gasteiger partial charge in [0.15, 0.2) is 0 Å². The summed E-state index contributed by atoms with van der Waals surface area (Å²) in [6.07, 6.45) is 0. The van der Waals surface area contributed by atoms with Crippen molar-refractivity contribution in [1.29, 1.82) is 17.1 Å². The molecule has 0 fully saturated rings. The molecule has 1 aromatic carbocycles. The summed E-state index contributed by atoms with van der Waals surface area (Å²) in [6.45, 7) is 0. The van der Waals surface area contributed by atoms with E-state index in [0.717, 1.165) is 7.45 Å². The summed E-state index contributed by atoms with van der Waals surface area (Å²) in [5, 5.41) is 26.6. The molecule has 72 valence electrons. The molecule has 0 unspecified atom stereocenters. The van der Waals surface area contributed by atoms with Gasteiger partial charge < -0.3 is 0 Å². The molecule has 4 heteroatoms. The quantitative estimate of drug-likeness (QED) is 0.534. The Morgan fingerprint density at radius 2 is 1.69 bits per heavy atom. The predicted molar refractivity (Wildman–Crippen MR) is 62.4 cm³/mol. The molecule has 16 heavy (non-hydrogen) atoms. The summed E-state index contributed by atoms with van der Waals surface area (Å²) in [7, 11) is 0.844. The van der Waals surface area contributed by atoms with Gasteiger partial charge in [0.25, 0.3) is 0 Å². The average molecular weight is 204 g/mol. The van der Waals surface area contributed by atoms with Crippen LogP contribution in [0.5, 0.6) is 0 Å². The summed E-state index contributed by atoms with van der Waals surface area (Å²) in [4.78, 5) is 0. The van der Waals surface area contributed by atoms with Crippen LogP contribution in [-0.4, -0.2) is 14.3 Å². The number of hydrogen-bond acceptors (Lipinski definition) is 3. The fraction of sp³-hybridized carbons (Fsp3) is 0. The van der Waals surface area contributed by atoms with Crippen LogP contribution in [0.25, 0.3) is 5.57 Å². The first-order chi connectivity index (χ1) is 8.28. The summed E-state index contributed by atoms with van der Waals surface area (Å²) in [5.41, 5.74) is 0.601. The molecular weight excluding hydrogens is 197 g/mol. The van der Waals surface area contributed by atoms with Crippen LogP contribution in [-0.2, 0) is 0 Å². The van der Waals surface area contributed by atoms with Gasteiger partial charge in [0.05, 0.1) is 0 Å². The number of rotatable bonds is 2. The van der Waals surface area contributed by atoms with Crippen molar-refractivity contribution >= 4 is 18.5 Å². The molecule has 0 aliphatic carbocycles. The molecule has 0 saturated carbocycles. The van der Waals surface area contributed by atoms with Gasteiger partial charge in [-0.15, -0.1) is 0 Å². The van der Waals surface area contributed by atoms with Crippen LogP contribution in [0.4, 0.5) is 0 Å². The van der Waals surface area contributed by atoms with Crippen LogP contribution < -0.4 is 0 Å². The van der Waals surface area contributed by atoms with Crippen molar-refractivity contribution in [2.75, 3.05) is 0 Å². The number of allylic oxidation sites excluding steroid dienone is 2. The Hall–Kier alpha value is -2.64. The molecule has 0 aliphatic heterocycles. The van der Waals surface area contributed by atoms with E-state index in [1.54, 1.807) is 42.5 Å². The molecule has 0 radical (unpaired) electrons. The van der Waals surface area contributed by atoms with Crippen LogP contribution >= 0.6 is 0 Å². The zero-order valence-corrected chi connectivity index (χ0v) is 8.31. The summed E-state index contributed by atoms with van der Waals surface area (Å²) >= 11 is 0. The van der Waals surface area contributed by atoms with Gasteiger partial charge in [-0.3, -0.25) is 0 Å². The molecule has 3 nitrogen and oxygen atoms in total. The molecule has 1 rings (SSSR count). The minimum atomic E-state index is -0.170. The monoisotopic (exact) mass is 204 g/mol. The van der Waals surface area contributed by atoms with Gasteiger partial charge in [0, 0.05) is 0 Å². The molecule has 0 aromatic heterocycles. The van der Waals surface area contributed by atoms with E-state index in [0.29, 0.717) is 5.56 Å². The van der Waals surface area contributed by atoms with Crippen LogP contribution in [0.15, 0.2) is 35.9 Å². The molecule has 0 aliphatic rings. The van der Waals surface area contributed by atoms with Crippen molar-refractivity contribution in [3.63, 3.8) is 0 Å². The minimum absolute atomic E-state index is 0.00528. The van der Waals surface area contributed by atoms with E-state index in [1.165, 1.54) is 0 Å². The Morgan fingerprint density at radius 1 is 1.06 bits per heavy atom. The SMILES string of the molecule is [2H]B=C(C#N)C(=C(C#N)C#N)c1ccccc1. The third-order valence-electron chi connectivity index (χ3n) is 1.93. The summed E-state index contributed by atoms with van der Waals surface area (Å²) in [5.74, 6) is 0. The Kier molecular flexibility index (Phi) is 3.28. The van der Waals surface area contributed by atoms with E-state index in [4.69, 9.17) is 17.1 Å². The van der Waals surface area contributed by atoms with E-state index in [2.05, 4.69) is 0 Å². The van der Waals surface area contributed by atoms with E-state index >= 15 is 0 Å². The second-order valence-electron chi connectivity index (χ2n) is 2.87. The second kappa shape index (κ2) is 5.30. The van der Waals surface area contributed by atoms with Crippen molar-refractivity contribution in [2.45, 2.75) is 0 Å². The van der Waals surface area contributed by atoms with Gasteiger partial charge in [-0.25, -0.2) is 0 Å². The van der Waals surface area contributed by atoms with Crippen LogP contribution in [0.2, 0.25) is 0 Å². The average Bonchev–Trinajstić information content (AvgIpc) is 2.40. The van der Waals surface area contributed by atoms with Crippen molar-refractivity contribution in [1.82, 2.24) is 0 Å². The zero-order valence-electron chi connectivity index (χ0n) is 9.31. The topological polar surface area (TPSA) is 71.4 Å². The van der Waals surface area contributed by atoms with E-state index in [9.17, 15) is 0 Å². The first-order valence-corrected chi connectivity index (χ1v) is 4.37. The number of nitrogens with zero attached hydrogens (tertiary/aromatic N) is 3. The predicted octanol–water partition coefficient (Wildman–Crippen LogP) is 1.08. The maximum absolute atomic E-state index is 8.91. The molecule has 0 bridgehead atoms. The van der Waals surface area contributed by atoms with Gasteiger partial charge in [-0.2, -0.15) is 0 Å². The Morgan fingerprint density at radius 3 is 2.12 bits per heavy atom. The van der Waals surface area contributed by atoms with Gasteiger partial charge in [-0.05, 0) is 0 Å². The number of hydrogen-bond donors (Lipinski definition) is 0. The Bertz CT molecular complexity index is 581. The normalized spacial score (nSPS) is 9.81. The van der Waals surface area contributed by atoms with Gasteiger partial charge >= 0.3 is 95.3 Å². The fourth-order valence-electron chi connectivity index (χ4n) is 1.23. The maximum atomic E-state index is 8.91. The van der Waals surface area contributed by atoms with Crippen molar-refractivity contribution in [2.24, 2.45) is 0 Å². The third-order valence-corrected chi connectivity index (χ3v) is 1.93. The first kappa shape index (κ1) is 9.90. The fourth-order valence-corrected chi connectivity index (χ4v) is 1.23. The second-order valence-corrected chi connectivity index (χ2v) is 2.87. The van der Waals surface area contributed by atoms with Crippen molar-refractivity contribution < 1.29 is 0 Å². The summed E-state index contributed by atoms with van der Waals surface area (Å²) < 4.78 is 7.15. The van der Waals surface area contributed by atoms with Gasteiger partial charge in [0.2, 0.25) is 0 Å². The molecule has 0 N–H and O–H groups in total. The molecule has 1 aromatic rings. The Labute approximate surface area is 95.9 Å². The van der Waals surface area contributed by atoms with Crippen molar-refractivity contribution in [3.8, 4) is 18.2 Å². The van der Waals surface area contributed by atoms with Gasteiger partial charge in [-0.1, -0.05) is 0 Å². The van der Waals surface area contributed by atoms with Crippen LogP contribution in [0, 0.1) is 34.0 Å².